The summed E-state index contributed by atoms with van der Waals surface area (Å²) < 4.78 is 29.7. The molecule has 0 bridgehead atoms. The molecule has 4 rings (SSSR count). The van der Waals surface area contributed by atoms with Gasteiger partial charge >= 0.3 is 0 Å². The van der Waals surface area contributed by atoms with Crippen LogP contribution in [0.3, 0.4) is 0 Å². The molecule has 2 aromatic carbocycles. The number of benzene rings is 2. The van der Waals surface area contributed by atoms with Crippen molar-refractivity contribution in [2.45, 2.75) is 49.7 Å². The van der Waals surface area contributed by atoms with Gasteiger partial charge in [0.1, 0.15) is 30.5 Å². The molecule has 2 aliphatic rings. The minimum Gasteiger partial charge on any atom is -0.387 e. The second kappa shape index (κ2) is 9.17. The molecule has 1 unspecified atom stereocenters. The third kappa shape index (κ3) is 4.28. The number of rotatable bonds is 6. The average Bonchev–Trinajstić information content (AvgIpc) is 2.79. The van der Waals surface area contributed by atoms with E-state index >= 15 is 0 Å². The van der Waals surface area contributed by atoms with Gasteiger partial charge in [-0.3, -0.25) is 0 Å². The van der Waals surface area contributed by atoms with E-state index in [0.717, 1.165) is 11.1 Å². The third-order valence-corrected chi connectivity index (χ3v) is 5.26. The van der Waals surface area contributed by atoms with E-state index < -0.39 is 43.1 Å². The molecule has 154 valence electrons. The van der Waals surface area contributed by atoms with Crippen molar-refractivity contribution in [2.75, 3.05) is 7.11 Å². The van der Waals surface area contributed by atoms with Crippen LogP contribution in [0.15, 0.2) is 73.3 Å². The zero-order chi connectivity index (χ0) is 20.2. The molecule has 2 heterocycles. The number of fused-ring (bicyclic) bond motifs is 1. The van der Waals surface area contributed by atoms with E-state index in [1.807, 2.05) is 60.7 Å². The highest BCUT2D eigenvalue weighted by Crippen LogP contribution is 2.38. The number of hydrogen-bond donors (Lipinski definition) is 1. The van der Waals surface area contributed by atoms with Crippen LogP contribution < -0.4 is 0 Å². The number of methoxy groups -OCH3 is 1. The SMILES string of the molecule is C=C[C@H]1OC(c2ccccc2)O[C@H]2[C@H](O)[C@H](OCc3ccccc3)[C@@H](OC)O[C@@H]21. The Labute approximate surface area is 170 Å². The van der Waals surface area contributed by atoms with Crippen molar-refractivity contribution in [1.29, 1.82) is 0 Å². The van der Waals surface area contributed by atoms with E-state index in [0.29, 0.717) is 6.61 Å². The first-order valence-corrected chi connectivity index (χ1v) is 9.71. The topological polar surface area (TPSA) is 66.4 Å². The predicted octanol–water partition coefficient (Wildman–Crippen LogP) is 2.97. The van der Waals surface area contributed by atoms with Crippen molar-refractivity contribution in [3.8, 4) is 0 Å². The molecule has 2 aromatic rings. The van der Waals surface area contributed by atoms with E-state index in [2.05, 4.69) is 6.58 Å². The molecule has 7 atom stereocenters. The smallest absolute Gasteiger partial charge is 0.186 e. The van der Waals surface area contributed by atoms with Gasteiger partial charge in [0.05, 0.1) is 6.61 Å². The highest BCUT2D eigenvalue weighted by molar-refractivity contribution is 5.18. The van der Waals surface area contributed by atoms with E-state index in [1.54, 1.807) is 6.08 Å². The molecule has 2 aliphatic heterocycles. The number of ether oxygens (including phenoxy) is 5. The van der Waals surface area contributed by atoms with Crippen molar-refractivity contribution in [2.24, 2.45) is 0 Å². The van der Waals surface area contributed by atoms with E-state index in [4.69, 9.17) is 23.7 Å². The fourth-order valence-corrected chi connectivity index (χ4v) is 3.76. The van der Waals surface area contributed by atoms with Gasteiger partial charge in [0.15, 0.2) is 12.6 Å². The van der Waals surface area contributed by atoms with Gasteiger partial charge in [-0.05, 0) is 5.56 Å². The van der Waals surface area contributed by atoms with E-state index in [9.17, 15) is 5.11 Å². The Hall–Kier alpha value is -2.06. The maximum atomic E-state index is 11.1. The first-order valence-electron chi connectivity index (χ1n) is 9.71. The molecule has 0 aromatic heterocycles. The lowest BCUT2D eigenvalue weighted by molar-refractivity contribution is -0.375. The number of aliphatic hydroxyl groups is 1. The lowest BCUT2D eigenvalue weighted by Gasteiger charge is -2.49. The van der Waals surface area contributed by atoms with Crippen LogP contribution in [-0.4, -0.2) is 49.0 Å². The molecule has 0 spiro atoms. The summed E-state index contributed by atoms with van der Waals surface area (Å²) in [6.45, 7) is 4.19. The Morgan fingerprint density at radius 1 is 0.966 bits per heavy atom. The summed E-state index contributed by atoms with van der Waals surface area (Å²) in [5, 5.41) is 11.1. The van der Waals surface area contributed by atoms with E-state index in [-0.39, 0.29) is 0 Å². The number of aliphatic hydroxyl groups excluding tert-OH is 1. The summed E-state index contributed by atoms with van der Waals surface area (Å²) in [4.78, 5) is 0. The first-order chi connectivity index (χ1) is 14.2. The molecule has 29 heavy (non-hydrogen) atoms. The molecule has 2 saturated heterocycles. The molecule has 0 saturated carbocycles. The van der Waals surface area contributed by atoms with Gasteiger partial charge in [0, 0.05) is 12.7 Å². The average molecular weight is 398 g/mol. The quantitative estimate of drug-likeness (QED) is 0.755. The zero-order valence-corrected chi connectivity index (χ0v) is 16.3. The molecule has 0 radical (unpaired) electrons. The summed E-state index contributed by atoms with van der Waals surface area (Å²) in [6, 6.07) is 19.3. The molecule has 6 heteroatoms. The van der Waals surface area contributed by atoms with Gasteiger partial charge in [0.2, 0.25) is 0 Å². The summed E-state index contributed by atoms with van der Waals surface area (Å²) in [5.74, 6) is 0. The maximum absolute atomic E-state index is 11.1. The predicted molar refractivity (Wildman–Crippen MR) is 106 cm³/mol. The Bertz CT molecular complexity index is 782. The van der Waals surface area contributed by atoms with E-state index in [1.165, 1.54) is 7.11 Å². The van der Waals surface area contributed by atoms with Gasteiger partial charge in [-0.15, -0.1) is 6.58 Å². The van der Waals surface area contributed by atoms with Gasteiger partial charge in [0.25, 0.3) is 0 Å². The summed E-state index contributed by atoms with van der Waals surface area (Å²) in [7, 11) is 1.52. The van der Waals surface area contributed by atoms with Gasteiger partial charge in [-0.2, -0.15) is 0 Å². The van der Waals surface area contributed by atoms with Crippen molar-refractivity contribution in [1.82, 2.24) is 0 Å². The fraction of sp³-hybridized carbons (Fsp3) is 0.391. The first kappa shape index (κ1) is 20.2. The molecule has 0 aliphatic carbocycles. The fourth-order valence-electron chi connectivity index (χ4n) is 3.76. The van der Waals surface area contributed by atoms with Crippen molar-refractivity contribution in [3.63, 3.8) is 0 Å². The highest BCUT2D eigenvalue weighted by Gasteiger charge is 2.53. The second-order valence-electron chi connectivity index (χ2n) is 7.14. The van der Waals surface area contributed by atoms with Crippen LogP contribution in [0.2, 0.25) is 0 Å². The zero-order valence-electron chi connectivity index (χ0n) is 16.3. The van der Waals surface area contributed by atoms with Crippen LogP contribution in [0.1, 0.15) is 17.4 Å². The molecule has 0 amide bonds. The van der Waals surface area contributed by atoms with Crippen LogP contribution >= 0.6 is 0 Å². The van der Waals surface area contributed by atoms with Gasteiger partial charge < -0.3 is 28.8 Å². The Balaban J connectivity index is 1.53. The normalized spacial score (nSPS) is 34.3. The van der Waals surface area contributed by atoms with Crippen molar-refractivity contribution in [3.05, 3.63) is 84.4 Å². The van der Waals surface area contributed by atoms with Gasteiger partial charge in [-0.1, -0.05) is 66.7 Å². The standard InChI is InChI=1S/C23H26O6/c1-3-17-19-20(29-22(27-17)16-12-8-5-9-13-16)18(24)21(23(25-2)28-19)26-14-15-10-6-4-7-11-15/h3-13,17-24H,1,14H2,2H3/t17-,18+,19-,20+,21+,22?,23+/m1/s1. The summed E-state index contributed by atoms with van der Waals surface area (Å²) in [6.07, 6.45) is -3.04. The molecular weight excluding hydrogens is 372 g/mol. The molecular formula is C23H26O6. The summed E-state index contributed by atoms with van der Waals surface area (Å²) >= 11 is 0. The minimum absolute atomic E-state index is 0.326. The number of hydrogen-bond acceptors (Lipinski definition) is 6. The van der Waals surface area contributed by atoms with Crippen LogP contribution in [0.5, 0.6) is 0 Å². The largest absolute Gasteiger partial charge is 0.387 e. The lowest BCUT2D eigenvalue weighted by Crippen LogP contribution is -2.64. The monoisotopic (exact) mass is 398 g/mol. The van der Waals surface area contributed by atoms with Crippen LogP contribution in [-0.2, 0) is 30.3 Å². The summed E-state index contributed by atoms with van der Waals surface area (Å²) in [5.41, 5.74) is 1.86. The Morgan fingerprint density at radius 3 is 2.31 bits per heavy atom. The molecule has 1 N–H and O–H groups in total. The minimum atomic E-state index is -0.958. The molecule has 2 fully saturated rings. The second-order valence-corrected chi connectivity index (χ2v) is 7.14. The third-order valence-electron chi connectivity index (χ3n) is 5.26. The van der Waals surface area contributed by atoms with Crippen LogP contribution in [0, 0.1) is 0 Å². The highest BCUT2D eigenvalue weighted by atomic mass is 16.8. The maximum Gasteiger partial charge on any atom is 0.186 e. The van der Waals surface area contributed by atoms with Crippen LogP contribution in [0.4, 0.5) is 0 Å². The van der Waals surface area contributed by atoms with Crippen LogP contribution in [0.25, 0.3) is 0 Å². The van der Waals surface area contributed by atoms with Crippen molar-refractivity contribution < 1.29 is 28.8 Å². The molecule has 6 nitrogen and oxygen atoms in total. The Morgan fingerprint density at radius 2 is 1.66 bits per heavy atom. The van der Waals surface area contributed by atoms with Gasteiger partial charge in [-0.25, -0.2) is 0 Å². The Kier molecular flexibility index (Phi) is 6.40. The lowest BCUT2D eigenvalue weighted by atomic mass is 9.93. The van der Waals surface area contributed by atoms with Crippen molar-refractivity contribution >= 4 is 0 Å².